The predicted octanol–water partition coefficient (Wildman–Crippen LogP) is 6.12. The number of nitrogens with zero attached hydrogens (tertiary/aromatic N) is 4. The van der Waals surface area contributed by atoms with Gasteiger partial charge in [-0.1, -0.05) is 40.5 Å². The molecule has 0 unspecified atom stereocenters. The number of aryl methyl sites for hydroxylation is 2. The second-order valence-electron chi connectivity index (χ2n) is 13.2. The van der Waals surface area contributed by atoms with Gasteiger partial charge in [0.1, 0.15) is 11.1 Å². The van der Waals surface area contributed by atoms with Crippen LogP contribution in [0.3, 0.4) is 0 Å². The van der Waals surface area contributed by atoms with Crippen molar-refractivity contribution in [3.05, 3.63) is 81.2 Å². The highest BCUT2D eigenvalue weighted by atomic mass is 16.5. The van der Waals surface area contributed by atoms with Crippen molar-refractivity contribution in [3.63, 3.8) is 0 Å². The summed E-state index contributed by atoms with van der Waals surface area (Å²) in [4.78, 5) is 0. The van der Waals surface area contributed by atoms with Crippen LogP contribution in [0.4, 0.5) is 0 Å². The molecule has 2 aliphatic heterocycles. The largest absolute Gasteiger partial charge is 0.714 e. The van der Waals surface area contributed by atoms with Crippen molar-refractivity contribution in [2.24, 2.45) is 0 Å². The first-order valence-electron chi connectivity index (χ1n) is 13.7. The Morgan fingerprint density at radius 1 is 0.600 bits per heavy atom. The Balaban J connectivity index is 1.81. The molecule has 8 heteroatoms. The number of benzene rings is 2. The van der Waals surface area contributed by atoms with Gasteiger partial charge < -0.3 is 10.4 Å². The molecular formula is C32H38N4O4. The van der Waals surface area contributed by atoms with E-state index in [0.29, 0.717) is 11.1 Å². The number of rotatable bonds is 2. The van der Waals surface area contributed by atoms with E-state index in [-0.39, 0.29) is 11.7 Å². The second-order valence-corrected chi connectivity index (χ2v) is 13.2. The van der Waals surface area contributed by atoms with E-state index in [4.69, 9.17) is 0 Å². The molecule has 5 rings (SSSR count). The van der Waals surface area contributed by atoms with Gasteiger partial charge in [-0.2, -0.15) is 0 Å². The SMILES string of the molecule is Cc1c2ccc3ccc(C4=[N+]([O-])C(C)(C)C(C)(C)N4[O])c(ccc1cc(C1=[N+]([O-])C(C)(C)C(C)(C)N1[O])c2)c3C. The van der Waals surface area contributed by atoms with E-state index >= 15 is 0 Å². The highest BCUT2D eigenvalue weighted by Crippen LogP contribution is 2.40. The van der Waals surface area contributed by atoms with Crippen LogP contribution in [0.5, 0.6) is 0 Å². The summed E-state index contributed by atoms with van der Waals surface area (Å²) in [5.74, 6) is 0.174. The lowest BCUT2D eigenvalue weighted by Gasteiger charge is -2.32. The molecule has 0 spiro atoms. The van der Waals surface area contributed by atoms with Crippen molar-refractivity contribution in [3.8, 4) is 0 Å². The molecule has 4 bridgehead atoms. The van der Waals surface area contributed by atoms with Gasteiger partial charge in [-0.25, -0.2) is 0 Å². The molecule has 0 saturated carbocycles. The number of hydrogen-bond acceptors (Lipinski definition) is 4. The molecule has 0 N–H and O–H groups in total. The molecule has 0 fully saturated rings. The quantitative estimate of drug-likeness (QED) is 0.288. The minimum Gasteiger partial charge on any atom is -0.714 e. The number of amidine groups is 2. The number of fused-ring (bicyclic) bond motifs is 4. The molecule has 3 aromatic rings. The second kappa shape index (κ2) is 8.44. The standard InChI is InChI=1S/C32H38N4O4/c1-19-22-12-11-21-13-16-26(28-35(39)31(7,8)32(9,10)36(28)40)25(20(21)2)15-14-23(19)18-24(17-22)27-33(37)29(3,4)30(5,6)34(27)38/h11-18H,1-10H3. The first-order chi connectivity index (χ1) is 18.4. The summed E-state index contributed by atoms with van der Waals surface area (Å²) < 4.78 is 1.66. The normalized spacial score (nSPS) is 21.2. The Hall–Kier alpha value is -3.62. The van der Waals surface area contributed by atoms with E-state index in [1.807, 2.05) is 62.4 Å². The Morgan fingerprint density at radius 2 is 1.02 bits per heavy atom. The van der Waals surface area contributed by atoms with Gasteiger partial charge in [-0.15, -0.1) is 0 Å². The Kier molecular flexibility index (Phi) is 5.89. The van der Waals surface area contributed by atoms with Crippen LogP contribution in [-0.4, -0.2) is 53.4 Å². The van der Waals surface area contributed by atoms with E-state index in [1.165, 1.54) is 0 Å². The summed E-state index contributed by atoms with van der Waals surface area (Å²) in [7, 11) is 0. The third-order valence-electron chi connectivity index (χ3n) is 10.2. The van der Waals surface area contributed by atoms with Crippen molar-refractivity contribution in [2.45, 2.75) is 91.4 Å². The van der Waals surface area contributed by atoms with Crippen molar-refractivity contribution >= 4 is 33.2 Å². The van der Waals surface area contributed by atoms with E-state index in [1.54, 1.807) is 55.4 Å². The van der Waals surface area contributed by atoms with Crippen molar-refractivity contribution < 1.29 is 19.9 Å². The molecule has 0 aromatic heterocycles. The Morgan fingerprint density at radius 3 is 1.50 bits per heavy atom. The van der Waals surface area contributed by atoms with Gasteiger partial charge in [0.15, 0.2) is 11.1 Å². The first kappa shape index (κ1) is 27.9. The maximum absolute atomic E-state index is 13.5. The fourth-order valence-electron chi connectivity index (χ4n) is 5.59. The van der Waals surface area contributed by atoms with Crippen molar-refractivity contribution in [1.82, 2.24) is 10.1 Å². The molecule has 0 aliphatic carbocycles. The van der Waals surface area contributed by atoms with Crippen LogP contribution >= 0.6 is 0 Å². The molecule has 2 radical (unpaired) electrons. The zero-order valence-electron chi connectivity index (χ0n) is 25.0. The van der Waals surface area contributed by atoms with Crippen LogP contribution in [0, 0.1) is 24.3 Å². The maximum Gasteiger partial charge on any atom is 0.317 e. The fraction of sp³-hybridized carbons (Fsp3) is 0.438. The minimum absolute atomic E-state index is 0.0849. The number of hydroxylamine groups is 6. The van der Waals surface area contributed by atoms with Gasteiger partial charge in [0.25, 0.3) is 0 Å². The molecule has 40 heavy (non-hydrogen) atoms. The minimum atomic E-state index is -0.933. The Bertz CT molecular complexity index is 1680. The van der Waals surface area contributed by atoms with Crippen LogP contribution in [-0.2, 0) is 10.4 Å². The van der Waals surface area contributed by atoms with Gasteiger partial charge in [0, 0.05) is 10.4 Å². The first-order valence-corrected chi connectivity index (χ1v) is 13.7. The van der Waals surface area contributed by atoms with E-state index < -0.39 is 22.2 Å². The molecule has 210 valence electrons. The molecule has 0 saturated heterocycles. The van der Waals surface area contributed by atoms with Crippen LogP contribution in [0.2, 0.25) is 0 Å². The third-order valence-corrected chi connectivity index (χ3v) is 10.2. The molecule has 3 aromatic carbocycles. The highest BCUT2D eigenvalue weighted by Gasteiger charge is 2.61. The zero-order valence-corrected chi connectivity index (χ0v) is 25.0. The Labute approximate surface area is 235 Å². The van der Waals surface area contributed by atoms with E-state index in [0.717, 1.165) is 52.3 Å². The van der Waals surface area contributed by atoms with Crippen molar-refractivity contribution in [1.29, 1.82) is 0 Å². The van der Waals surface area contributed by atoms with Gasteiger partial charge in [-0.05, 0) is 120 Å². The van der Waals surface area contributed by atoms with Gasteiger partial charge in [-0.3, -0.25) is 9.48 Å². The molecule has 0 amide bonds. The van der Waals surface area contributed by atoms with Crippen LogP contribution in [0.25, 0.3) is 21.5 Å². The summed E-state index contributed by atoms with van der Waals surface area (Å²) in [5, 5.41) is 58.9. The lowest BCUT2D eigenvalue weighted by molar-refractivity contribution is -0.539. The van der Waals surface area contributed by atoms with Crippen molar-refractivity contribution in [2.75, 3.05) is 0 Å². The molecule has 2 heterocycles. The number of hydrogen-bond donors (Lipinski definition) is 0. The highest BCUT2D eigenvalue weighted by molar-refractivity contribution is 6.06. The molecule has 2 aliphatic rings. The summed E-state index contributed by atoms with van der Waals surface area (Å²) in [6.45, 7) is 18.3. The van der Waals surface area contributed by atoms with Gasteiger partial charge >= 0.3 is 11.7 Å². The lowest BCUT2D eigenvalue weighted by Crippen LogP contribution is -2.53. The molecule has 0 atom stereocenters. The van der Waals surface area contributed by atoms with Crippen LogP contribution in [0.15, 0.2) is 48.5 Å². The topological polar surface area (TPSA) is 98.4 Å². The van der Waals surface area contributed by atoms with Gasteiger partial charge in [0.05, 0.1) is 11.1 Å². The van der Waals surface area contributed by atoms with E-state index in [9.17, 15) is 20.8 Å². The van der Waals surface area contributed by atoms with E-state index in [2.05, 4.69) is 0 Å². The van der Waals surface area contributed by atoms with Gasteiger partial charge in [0.2, 0.25) is 0 Å². The summed E-state index contributed by atoms with van der Waals surface area (Å²) in [6, 6.07) is 15.3. The third kappa shape index (κ3) is 3.45. The predicted molar refractivity (Wildman–Crippen MR) is 157 cm³/mol. The summed E-state index contributed by atoms with van der Waals surface area (Å²) in [5.41, 5.74) is -0.688. The maximum atomic E-state index is 13.5. The van der Waals surface area contributed by atoms with Crippen LogP contribution in [0.1, 0.15) is 77.6 Å². The average molecular weight is 543 g/mol. The smallest absolute Gasteiger partial charge is 0.317 e. The monoisotopic (exact) mass is 542 g/mol. The molecule has 8 nitrogen and oxygen atoms in total. The van der Waals surface area contributed by atoms with Crippen LogP contribution < -0.4 is 0 Å². The lowest BCUT2D eigenvalue weighted by atomic mass is 9.84. The average Bonchev–Trinajstić information content (AvgIpc) is 3.07. The summed E-state index contributed by atoms with van der Waals surface area (Å²) in [6.07, 6.45) is 0. The molecular weight excluding hydrogens is 504 g/mol. The summed E-state index contributed by atoms with van der Waals surface area (Å²) >= 11 is 0. The fourth-order valence-corrected chi connectivity index (χ4v) is 5.59. The zero-order chi connectivity index (χ0) is 29.7.